The molecule has 4 aromatic rings. The van der Waals surface area contributed by atoms with Crippen molar-refractivity contribution < 1.29 is 43.6 Å². The van der Waals surface area contributed by atoms with Gasteiger partial charge in [-0.2, -0.15) is 0 Å². The van der Waals surface area contributed by atoms with E-state index in [2.05, 4.69) is 10.6 Å². The van der Waals surface area contributed by atoms with Crippen molar-refractivity contribution in [2.75, 3.05) is 30.8 Å². The second-order valence-electron chi connectivity index (χ2n) is 11.2. The number of methoxy groups -OCH3 is 1. The molecule has 1 aliphatic rings. The van der Waals surface area contributed by atoms with Gasteiger partial charge >= 0.3 is 23.9 Å². The van der Waals surface area contributed by atoms with Crippen LogP contribution in [0.25, 0.3) is 0 Å². The first-order chi connectivity index (χ1) is 23.1. The lowest BCUT2D eigenvalue weighted by atomic mass is 10.0. The molecule has 1 fully saturated rings. The number of benzene rings is 4. The highest BCUT2D eigenvalue weighted by molar-refractivity contribution is 6.01. The third kappa shape index (κ3) is 7.73. The third-order valence-corrected chi connectivity index (χ3v) is 7.86. The first-order valence-electron chi connectivity index (χ1n) is 15.2. The van der Waals surface area contributed by atoms with Crippen LogP contribution in [0.15, 0.2) is 91.0 Å². The van der Waals surface area contributed by atoms with Gasteiger partial charge in [0.15, 0.2) is 0 Å². The minimum atomic E-state index is -2.00. The van der Waals surface area contributed by atoms with Crippen LogP contribution < -0.4 is 24.8 Å². The number of anilines is 2. The summed E-state index contributed by atoms with van der Waals surface area (Å²) < 4.78 is 18.3. The highest BCUT2D eigenvalue weighted by Crippen LogP contribution is 2.33. The number of para-hydroxylation sites is 1. The number of amides is 2. The molecule has 12 nitrogen and oxygen atoms in total. The molecular formula is C36H35N3O9. The van der Waals surface area contributed by atoms with Crippen LogP contribution in [0.3, 0.4) is 0 Å². The maximum atomic E-state index is 14.5. The Morgan fingerprint density at radius 2 is 1.29 bits per heavy atom. The Morgan fingerprint density at radius 1 is 0.750 bits per heavy atom. The first kappa shape index (κ1) is 33.5. The Balaban J connectivity index is 1.45. The van der Waals surface area contributed by atoms with E-state index in [1.807, 2.05) is 25.1 Å². The van der Waals surface area contributed by atoms with Crippen LogP contribution in [0.4, 0.5) is 16.2 Å². The monoisotopic (exact) mass is 653 g/mol. The van der Waals surface area contributed by atoms with Crippen molar-refractivity contribution in [1.29, 1.82) is 0 Å². The fourth-order valence-electron chi connectivity index (χ4n) is 5.34. The number of likely N-dealkylation sites (tertiary alicyclic amines) is 1. The molecule has 48 heavy (non-hydrogen) atoms. The molecule has 0 saturated carbocycles. The molecule has 0 spiro atoms. The van der Waals surface area contributed by atoms with E-state index in [0.717, 1.165) is 18.4 Å². The van der Waals surface area contributed by atoms with Gasteiger partial charge in [0.25, 0.3) is 0 Å². The van der Waals surface area contributed by atoms with Gasteiger partial charge in [-0.05, 0) is 97.6 Å². The summed E-state index contributed by atoms with van der Waals surface area (Å²) in [5.41, 5.74) is 2.56. The molecule has 1 saturated heterocycles. The largest absolute Gasteiger partial charge is 0.495 e. The van der Waals surface area contributed by atoms with E-state index in [4.69, 9.17) is 14.2 Å². The number of nitrogens with one attached hydrogen (secondary N) is 2. The number of carboxylic acids is 2. The van der Waals surface area contributed by atoms with Crippen molar-refractivity contribution in [1.82, 2.24) is 4.90 Å². The normalized spacial score (nSPS) is 13.0. The average Bonchev–Trinajstić information content (AvgIpc) is 3.62. The van der Waals surface area contributed by atoms with E-state index in [1.165, 1.54) is 55.6 Å². The molecule has 0 radical (unpaired) electrons. The van der Waals surface area contributed by atoms with Crippen molar-refractivity contribution >= 4 is 35.1 Å². The van der Waals surface area contributed by atoms with E-state index < -0.39 is 29.7 Å². The van der Waals surface area contributed by atoms with E-state index in [0.29, 0.717) is 35.8 Å². The summed E-state index contributed by atoms with van der Waals surface area (Å²) >= 11 is 0. The third-order valence-electron chi connectivity index (χ3n) is 7.86. The molecular weight excluding hydrogens is 618 g/mol. The van der Waals surface area contributed by atoms with Gasteiger partial charge < -0.3 is 35.1 Å². The highest BCUT2D eigenvalue weighted by atomic mass is 16.7. The minimum Gasteiger partial charge on any atom is -0.495 e. The van der Waals surface area contributed by atoms with Crippen LogP contribution in [-0.4, -0.2) is 65.0 Å². The fourth-order valence-corrected chi connectivity index (χ4v) is 5.34. The van der Waals surface area contributed by atoms with Crippen LogP contribution in [0.1, 0.15) is 44.7 Å². The van der Waals surface area contributed by atoms with Crippen molar-refractivity contribution in [3.8, 4) is 17.2 Å². The molecule has 1 heterocycles. The molecule has 0 unspecified atom stereocenters. The Labute approximate surface area is 276 Å². The maximum Gasteiger partial charge on any atom is 0.379 e. The number of hydrogen-bond acceptors (Lipinski definition) is 8. The molecule has 4 aromatic carbocycles. The zero-order chi connectivity index (χ0) is 34.3. The van der Waals surface area contributed by atoms with Gasteiger partial charge in [-0.25, -0.2) is 19.3 Å². The van der Waals surface area contributed by atoms with Gasteiger partial charge in [0.05, 0.1) is 23.9 Å². The van der Waals surface area contributed by atoms with Gasteiger partial charge in [0, 0.05) is 25.2 Å². The quantitative estimate of drug-likeness (QED) is 0.125. The molecule has 0 atom stereocenters. The molecule has 2 amide bonds. The standard InChI is InChI=1S/C36H35N3O9/c1-23-7-3-4-8-29(23)37-35(45)38-30-18-9-24(21-31(30)46-2)22-32(40)36(39-19-5-6-20-39,47-27-14-10-25(11-15-27)33(41)42)48-28-16-12-26(13-17-28)34(43)44/h3-4,7-18,21H,5-6,19-20,22H2,1-2H3,(H,41,42)(H,43,44)(H2,37,38,45). The van der Waals surface area contributed by atoms with Crippen LogP contribution in [0, 0.1) is 6.92 Å². The number of hydrogen-bond donors (Lipinski definition) is 4. The second kappa shape index (κ2) is 14.7. The van der Waals surface area contributed by atoms with Crippen molar-refractivity contribution in [2.45, 2.75) is 32.1 Å². The maximum absolute atomic E-state index is 14.5. The van der Waals surface area contributed by atoms with Crippen molar-refractivity contribution in [3.63, 3.8) is 0 Å². The Bertz CT molecular complexity index is 1740. The lowest BCUT2D eigenvalue weighted by Crippen LogP contribution is -2.62. The van der Waals surface area contributed by atoms with E-state index in [1.54, 1.807) is 29.2 Å². The minimum absolute atomic E-state index is 0.0407. The molecule has 5 rings (SSSR count). The van der Waals surface area contributed by atoms with Crippen molar-refractivity contribution in [2.24, 2.45) is 0 Å². The molecule has 0 aromatic heterocycles. The van der Waals surface area contributed by atoms with Crippen LogP contribution >= 0.6 is 0 Å². The molecule has 0 aliphatic carbocycles. The number of urea groups is 1. The number of ether oxygens (including phenoxy) is 3. The molecule has 4 N–H and O–H groups in total. The van der Waals surface area contributed by atoms with E-state index in [9.17, 15) is 29.4 Å². The number of carbonyl (C=O) groups is 4. The Hall–Kier alpha value is -5.88. The SMILES string of the molecule is COc1cc(CC(=O)C(Oc2ccc(C(=O)O)cc2)(Oc2ccc(C(=O)O)cc2)N2CCCC2)ccc1NC(=O)Nc1ccccc1C. The summed E-state index contributed by atoms with van der Waals surface area (Å²) in [7, 11) is 1.45. The summed E-state index contributed by atoms with van der Waals surface area (Å²) in [6, 6.07) is 23.1. The predicted octanol–water partition coefficient (Wildman–Crippen LogP) is 6.06. The molecule has 1 aliphatic heterocycles. The Morgan fingerprint density at radius 3 is 1.81 bits per heavy atom. The summed E-state index contributed by atoms with van der Waals surface area (Å²) in [6.07, 6.45) is 1.37. The van der Waals surface area contributed by atoms with Gasteiger partial charge in [-0.15, -0.1) is 0 Å². The van der Waals surface area contributed by atoms with Crippen LogP contribution in [-0.2, 0) is 11.2 Å². The number of rotatable bonds is 13. The van der Waals surface area contributed by atoms with Crippen LogP contribution in [0.5, 0.6) is 17.2 Å². The number of carboxylic acid groups (broad SMARTS) is 2. The number of aryl methyl sites for hydroxylation is 1. The summed E-state index contributed by atoms with van der Waals surface area (Å²) in [5, 5.41) is 24.3. The topological polar surface area (TPSA) is 164 Å². The summed E-state index contributed by atoms with van der Waals surface area (Å²) in [6.45, 7) is 2.82. The van der Waals surface area contributed by atoms with Gasteiger partial charge in [-0.3, -0.25) is 4.79 Å². The van der Waals surface area contributed by atoms with E-state index in [-0.39, 0.29) is 29.0 Å². The smallest absolute Gasteiger partial charge is 0.379 e. The van der Waals surface area contributed by atoms with Gasteiger partial charge in [0.1, 0.15) is 17.2 Å². The molecule has 248 valence electrons. The lowest BCUT2D eigenvalue weighted by Gasteiger charge is -2.39. The number of aromatic carboxylic acids is 2. The number of Topliss-reactive ketones (excluding diaryl/α,β-unsaturated/α-hetero) is 1. The Kier molecular flexibility index (Phi) is 10.2. The zero-order valence-corrected chi connectivity index (χ0v) is 26.4. The molecule has 0 bridgehead atoms. The number of ketones is 1. The number of nitrogens with zero attached hydrogens (tertiary/aromatic N) is 1. The predicted molar refractivity (Wildman–Crippen MR) is 177 cm³/mol. The van der Waals surface area contributed by atoms with Gasteiger partial charge in [0.2, 0.25) is 5.78 Å². The fraction of sp³-hybridized carbons (Fsp3) is 0.222. The summed E-state index contributed by atoms with van der Waals surface area (Å²) in [5.74, 6) is -3.99. The van der Waals surface area contributed by atoms with Crippen molar-refractivity contribution in [3.05, 3.63) is 113 Å². The zero-order valence-electron chi connectivity index (χ0n) is 26.4. The van der Waals surface area contributed by atoms with Gasteiger partial charge in [-0.1, -0.05) is 24.3 Å². The lowest BCUT2D eigenvalue weighted by molar-refractivity contribution is -0.214. The second-order valence-corrected chi connectivity index (χ2v) is 11.2. The van der Waals surface area contributed by atoms with E-state index >= 15 is 0 Å². The summed E-state index contributed by atoms with van der Waals surface area (Å²) in [4.78, 5) is 51.9. The number of carbonyl (C=O) groups excluding carboxylic acids is 2. The molecule has 12 heteroatoms. The first-order valence-corrected chi connectivity index (χ1v) is 15.2. The van der Waals surface area contributed by atoms with Crippen LogP contribution in [0.2, 0.25) is 0 Å². The highest BCUT2D eigenvalue weighted by Gasteiger charge is 2.50. The average molecular weight is 654 g/mol.